The summed E-state index contributed by atoms with van der Waals surface area (Å²) in [5.74, 6) is -0.851. The molecule has 0 radical (unpaired) electrons. The van der Waals surface area contributed by atoms with Crippen molar-refractivity contribution >= 4 is 17.4 Å². The number of benzene rings is 1. The van der Waals surface area contributed by atoms with E-state index in [4.69, 9.17) is 16.3 Å². The average Bonchev–Trinajstić information content (AvgIpc) is 2.27. The van der Waals surface area contributed by atoms with Gasteiger partial charge in [0.2, 0.25) is 0 Å². The van der Waals surface area contributed by atoms with Crippen molar-refractivity contribution in [3.8, 4) is 17.2 Å². The van der Waals surface area contributed by atoms with Crippen LogP contribution in [0.3, 0.4) is 0 Å². The number of Topliss-reactive ketones (excluding diaryl/α,β-unsaturated/α-hetero) is 1. The van der Waals surface area contributed by atoms with E-state index >= 15 is 0 Å². The Hall–Kier alpha value is -1.42. The molecular weight excluding hydrogens is 244 g/mol. The molecule has 1 rings (SSSR count). The molecule has 0 amide bonds. The zero-order valence-corrected chi connectivity index (χ0v) is 10.7. The molecule has 0 heterocycles. The van der Waals surface area contributed by atoms with E-state index in [1.54, 1.807) is 0 Å². The Balaban J connectivity index is 3.18. The van der Waals surface area contributed by atoms with Crippen molar-refractivity contribution in [1.82, 2.24) is 0 Å². The molecule has 4 nitrogen and oxygen atoms in total. The van der Waals surface area contributed by atoms with E-state index in [0.717, 1.165) is 6.07 Å². The van der Waals surface area contributed by atoms with Crippen LogP contribution in [0.15, 0.2) is 12.1 Å². The summed E-state index contributed by atoms with van der Waals surface area (Å²) in [6, 6.07) is 2.35. The lowest BCUT2D eigenvalue weighted by molar-refractivity contribution is 0.0969. The summed E-state index contributed by atoms with van der Waals surface area (Å²) in [7, 11) is 1.36. The monoisotopic (exact) mass is 258 g/mol. The summed E-state index contributed by atoms with van der Waals surface area (Å²) in [6.45, 7) is 3.62. The molecule has 0 fully saturated rings. The number of methoxy groups -OCH3 is 1. The number of rotatable bonds is 4. The molecule has 0 saturated carbocycles. The van der Waals surface area contributed by atoms with Crippen LogP contribution in [-0.2, 0) is 0 Å². The Morgan fingerprint density at radius 3 is 2.35 bits per heavy atom. The molecule has 17 heavy (non-hydrogen) atoms. The lowest BCUT2D eigenvalue weighted by Crippen LogP contribution is -2.20. The van der Waals surface area contributed by atoms with Gasteiger partial charge in [0, 0.05) is 6.07 Å². The Morgan fingerprint density at radius 1 is 1.29 bits per heavy atom. The van der Waals surface area contributed by atoms with Crippen LogP contribution < -0.4 is 4.74 Å². The van der Waals surface area contributed by atoms with Crippen LogP contribution in [0.5, 0.6) is 17.2 Å². The van der Waals surface area contributed by atoms with Gasteiger partial charge in [-0.05, 0) is 12.0 Å². The fourth-order valence-electron chi connectivity index (χ4n) is 1.37. The summed E-state index contributed by atoms with van der Waals surface area (Å²) >= 11 is 5.94. The van der Waals surface area contributed by atoms with Gasteiger partial charge in [-0.25, -0.2) is 0 Å². The van der Waals surface area contributed by atoms with Crippen LogP contribution in [0.1, 0.15) is 24.2 Å². The standard InChI is InChI=1S/C12H15ClO4/c1-6(2)11(13)12(16)7-4-10(17-3)9(15)5-8(7)14/h4-6,11,14-15H,1-3H3. The van der Waals surface area contributed by atoms with Gasteiger partial charge in [-0.1, -0.05) is 13.8 Å². The number of aromatic hydroxyl groups is 2. The van der Waals surface area contributed by atoms with Crippen molar-refractivity contribution in [2.24, 2.45) is 5.92 Å². The van der Waals surface area contributed by atoms with E-state index in [1.807, 2.05) is 13.8 Å². The number of phenolic OH excluding ortho intramolecular Hbond substituents is 2. The largest absolute Gasteiger partial charge is 0.507 e. The molecule has 0 aliphatic rings. The van der Waals surface area contributed by atoms with Crippen LogP contribution in [0.25, 0.3) is 0 Å². The highest BCUT2D eigenvalue weighted by Crippen LogP contribution is 2.34. The maximum Gasteiger partial charge on any atom is 0.184 e. The normalized spacial score (nSPS) is 12.5. The number of carbonyl (C=O) groups is 1. The van der Waals surface area contributed by atoms with Crippen molar-refractivity contribution in [3.63, 3.8) is 0 Å². The molecule has 0 aromatic heterocycles. The number of alkyl halides is 1. The Labute approximate surface area is 105 Å². The second-order valence-corrected chi connectivity index (χ2v) is 4.52. The molecule has 1 atom stereocenters. The topological polar surface area (TPSA) is 66.8 Å². The molecule has 5 heteroatoms. The number of carbonyl (C=O) groups excluding carboxylic acids is 1. The zero-order chi connectivity index (χ0) is 13.2. The highest BCUT2D eigenvalue weighted by atomic mass is 35.5. The predicted octanol–water partition coefficient (Wildman–Crippen LogP) is 2.55. The summed E-state index contributed by atoms with van der Waals surface area (Å²) in [5.41, 5.74) is 0.0494. The third-order valence-corrected chi connectivity index (χ3v) is 3.10. The molecule has 0 aliphatic heterocycles. The van der Waals surface area contributed by atoms with Crippen molar-refractivity contribution < 1.29 is 19.7 Å². The second kappa shape index (κ2) is 5.27. The van der Waals surface area contributed by atoms with Gasteiger partial charge in [0.15, 0.2) is 17.3 Å². The molecule has 1 unspecified atom stereocenters. The molecule has 1 aromatic rings. The van der Waals surface area contributed by atoms with Crippen molar-refractivity contribution in [1.29, 1.82) is 0 Å². The average molecular weight is 259 g/mol. The molecule has 94 valence electrons. The molecule has 0 saturated heterocycles. The number of ether oxygens (including phenoxy) is 1. The maximum atomic E-state index is 12.0. The van der Waals surface area contributed by atoms with Crippen molar-refractivity contribution in [2.75, 3.05) is 7.11 Å². The van der Waals surface area contributed by atoms with Crippen LogP contribution in [-0.4, -0.2) is 28.5 Å². The molecule has 0 bridgehead atoms. The molecular formula is C12H15ClO4. The third-order valence-electron chi connectivity index (χ3n) is 2.40. The van der Waals surface area contributed by atoms with Crippen molar-refractivity contribution in [3.05, 3.63) is 17.7 Å². The van der Waals surface area contributed by atoms with Gasteiger partial charge in [-0.3, -0.25) is 4.79 Å². The minimum absolute atomic E-state index is 0.0494. The quantitative estimate of drug-likeness (QED) is 0.643. The molecule has 1 aromatic carbocycles. The van der Waals surface area contributed by atoms with Crippen LogP contribution in [0, 0.1) is 5.92 Å². The van der Waals surface area contributed by atoms with Crippen LogP contribution in [0.2, 0.25) is 0 Å². The molecule has 0 spiro atoms. The van der Waals surface area contributed by atoms with Gasteiger partial charge < -0.3 is 14.9 Å². The fourth-order valence-corrected chi connectivity index (χ4v) is 1.49. The Bertz CT molecular complexity index is 429. The number of hydrogen-bond donors (Lipinski definition) is 2. The van der Waals surface area contributed by atoms with Gasteiger partial charge in [-0.2, -0.15) is 0 Å². The minimum atomic E-state index is -0.727. The first-order valence-corrected chi connectivity index (χ1v) is 5.60. The first kappa shape index (κ1) is 13.6. The Kier molecular flexibility index (Phi) is 4.23. The van der Waals surface area contributed by atoms with E-state index < -0.39 is 11.2 Å². The van der Waals surface area contributed by atoms with Gasteiger partial charge in [0.05, 0.1) is 18.1 Å². The van der Waals surface area contributed by atoms with Crippen molar-refractivity contribution in [2.45, 2.75) is 19.2 Å². The van der Waals surface area contributed by atoms with E-state index in [2.05, 4.69) is 0 Å². The third kappa shape index (κ3) is 2.82. The summed E-state index contributed by atoms with van der Waals surface area (Å²) in [6.07, 6.45) is 0. The van der Waals surface area contributed by atoms with E-state index in [-0.39, 0.29) is 28.7 Å². The zero-order valence-electron chi connectivity index (χ0n) is 9.90. The van der Waals surface area contributed by atoms with E-state index in [1.165, 1.54) is 13.2 Å². The van der Waals surface area contributed by atoms with E-state index in [0.29, 0.717) is 0 Å². The second-order valence-electron chi connectivity index (χ2n) is 4.05. The SMILES string of the molecule is COc1cc(C(=O)C(Cl)C(C)C)c(O)cc1O. The molecule has 0 aliphatic carbocycles. The highest BCUT2D eigenvalue weighted by Gasteiger charge is 2.24. The first-order chi connectivity index (χ1) is 7.88. The fraction of sp³-hybridized carbons (Fsp3) is 0.417. The number of hydrogen-bond acceptors (Lipinski definition) is 4. The van der Waals surface area contributed by atoms with Crippen LogP contribution >= 0.6 is 11.6 Å². The smallest absolute Gasteiger partial charge is 0.184 e. The minimum Gasteiger partial charge on any atom is -0.507 e. The lowest BCUT2D eigenvalue weighted by Gasteiger charge is -2.14. The summed E-state index contributed by atoms with van der Waals surface area (Å²) < 4.78 is 4.87. The summed E-state index contributed by atoms with van der Waals surface area (Å²) in [4.78, 5) is 12.0. The lowest BCUT2D eigenvalue weighted by atomic mass is 9.99. The maximum absolute atomic E-state index is 12.0. The highest BCUT2D eigenvalue weighted by molar-refractivity contribution is 6.34. The van der Waals surface area contributed by atoms with Crippen LogP contribution in [0.4, 0.5) is 0 Å². The number of ketones is 1. The van der Waals surface area contributed by atoms with Gasteiger partial charge in [0.1, 0.15) is 5.75 Å². The summed E-state index contributed by atoms with van der Waals surface area (Å²) in [5, 5.41) is 18.3. The number of halogens is 1. The van der Waals surface area contributed by atoms with Gasteiger partial charge in [-0.15, -0.1) is 11.6 Å². The number of phenols is 2. The first-order valence-electron chi connectivity index (χ1n) is 5.16. The van der Waals surface area contributed by atoms with E-state index in [9.17, 15) is 15.0 Å². The van der Waals surface area contributed by atoms with Gasteiger partial charge >= 0.3 is 0 Å². The van der Waals surface area contributed by atoms with Gasteiger partial charge in [0.25, 0.3) is 0 Å². The predicted molar refractivity (Wildman–Crippen MR) is 65.1 cm³/mol. The Morgan fingerprint density at radius 2 is 1.88 bits per heavy atom. The molecule has 2 N–H and O–H groups in total.